The summed E-state index contributed by atoms with van der Waals surface area (Å²) in [6.45, 7) is 1.24. The minimum absolute atomic E-state index is 0.0867. The molecule has 1 aliphatic carbocycles. The van der Waals surface area contributed by atoms with Crippen LogP contribution in [-0.4, -0.2) is 71.0 Å². The minimum atomic E-state index is -3.59. The fourth-order valence-electron chi connectivity index (χ4n) is 4.77. The zero-order valence-corrected chi connectivity index (χ0v) is 20.8. The van der Waals surface area contributed by atoms with E-state index >= 15 is 0 Å². The molecule has 0 aromatic heterocycles. The number of rotatable bonds is 7. The Kier molecular flexibility index (Phi) is 7.33. The van der Waals surface area contributed by atoms with Gasteiger partial charge in [0.25, 0.3) is 0 Å². The summed E-state index contributed by atoms with van der Waals surface area (Å²) in [6.07, 6.45) is 4.33. The molecule has 2 aromatic rings. The number of fused-ring (bicyclic) bond motifs is 1. The standard InChI is InChI=1S/C25H32N2O6S/c1-31-22-11-9-20(24(32-2)25(22)33-3)17-23(28)26-12-14-27(15-13-26)34(29,30)21-10-8-18-6-4-5-7-19(18)16-21/h8-11,16H,4-7,12-15,17H2,1-3H3. The second-order valence-electron chi connectivity index (χ2n) is 8.59. The zero-order chi connectivity index (χ0) is 24.3. The van der Waals surface area contributed by atoms with Gasteiger partial charge in [-0.2, -0.15) is 4.31 Å². The molecule has 0 unspecified atom stereocenters. The SMILES string of the molecule is COc1ccc(CC(=O)N2CCN(S(=O)(=O)c3ccc4c(c3)CCCC4)CC2)c(OC)c1OC. The van der Waals surface area contributed by atoms with Crippen molar-refractivity contribution in [3.63, 3.8) is 0 Å². The smallest absolute Gasteiger partial charge is 0.243 e. The molecule has 0 saturated carbocycles. The maximum absolute atomic E-state index is 13.2. The van der Waals surface area contributed by atoms with Crippen LogP contribution >= 0.6 is 0 Å². The number of aryl methyl sites for hydroxylation is 2. The number of hydrogen-bond donors (Lipinski definition) is 0. The van der Waals surface area contributed by atoms with Crippen LogP contribution in [0, 0.1) is 0 Å². The van der Waals surface area contributed by atoms with Gasteiger partial charge in [-0.05, 0) is 55.0 Å². The van der Waals surface area contributed by atoms with E-state index in [2.05, 4.69) is 0 Å². The second-order valence-corrected chi connectivity index (χ2v) is 10.5. The first-order valence-corrected chi connectivity index (χ1v) is 13.0. The Morgan fingerprint density at radius 1 is 0.853 bits per heavy atom. The van der Waals surface area contributed by atoms with Crippen molar-refractivity contribution in [3.8, 4) is 17.2 Å². The van der Waals surface area contributed by atoms with Gasteiger partial charge in [-0.3, -0.25) is 4.79 Å². The van der Waals surface area contributed by atoms with Crippen LogP contribution in [0.2, 0.25) is 0 Å². The first-order valence-electron chi connectivity index (χ1n) is 11.6. The number of carbonyl (C=O) groups excluding carboxylic acids is 1. The van der Waals surface area contributed by atoms with Crippen LogP contribution in [0.15, 0.2) is 35.2 Å². The van der Waals surface area contributed by atoms with Gasteiger partial charge in [0, 0.05) is 31.7 Å². The molecule has 8 nitrogen and oxygen atoms in total. The van der Waals surface area contributed by atoms with Crippen molar-refractivity contribution < 1.29 is 27.4 Å². The van der Waals surface area contributed by atoms with Crippen LogP contribution in [0.3, 0.4) is 0 Å². The molecule has 0 bridgehead atoms. The molecule has 1 heterocycles. The number of sulfonamides is 1. The molecule has 1 aliphatic heterocycles. The highest BCUT2D eigenvalue weighted by Gasteiger charge is 2.31. The average Bonchev–Trinajstić information content (AvgIpc) is 2.87. The van der Waals surface area contributed by atoms with Gasteiger partial charge in [-0.25, -0.2) is 8.42 Å². The fourth-order valence-corrected chi connectivity index (χ4v) is 6.25. The normalized spacial score (nSPS) is 16.6. The molecule has 1 fully saturated rings. The van der Waals surface area contributed by atoms with E-state index in [1.807, 2.05) is 12.1 Å². The van der Waals surface area contributed by atoms with E-state index in [0.717, 1.165) is 31.2 Å². The van der Waals surface area contributed by atoms with Gasteiger partial charge in [0.15, 0.2) is 11.5 Å². The molecule has 184 valence electrons. The first kappa shape index (κ1) is 24.3. The summed E-state index contributed by atoms with van der Waals surface area (Å²) in [5.41, 5.74) is 3.09. The highest BCUT2D eigenvalue weighted by atomic mass is 32.2. The number of ether oxygens (including phenoxy) is 3. The minimum Gasteiger partial charge on any atom is -0.493 e. The highest BCUT2D eigenvalue weighted by molar-refractivity contribution is 7.89. The van der Waals surface area contributed by atoms with Crippen molar-refractivity contribution >= 4 is 15.9 Å². The van der Waals surface area contributed by atoms with E-state index in [4.69, 9.17) is 14.2 Å². The van der Waals surface area contributed by atoms with Gasteiger partial charge in [0.05, 0.1) is 32.6 Å². The average molecular weight is 489 g/mol. The Hall–Kier alpha value is -2.78. The van der Waals surface area contributed by atoms with Gasteiger partial charge in [0.2, 0.25) is 21.7 Å². The highest BCUT2D eigenvalue weighted by Crippen LogP contribution is 2.40. The van der Waals surface area contributed by atoms with Crippen LogP contribution < -0.4 is 14.2 Å². The van der Waals surface area contributed by atoms with Crippen molar-refractivity contribution in [1.29, 1.82) is 0 Å². The fraction of sp³-hybridized carbons (Fsp3) is 0.480. The molecule has 0 radical (unpaired) electrons. The van der Waals surface area contributed by atoms with Gasteiger partial charge >= 0.3 is 0 Å². The molecular formula is C25H32N2O6S. The maximum Gasteiger partial charge on any atom is 0.243 e. The van der Waals surface area contributed by atoms with E-state index in [1.165, 1.54) is 24.1 Å². The number of benzene rings is 2. The van der Waals surface area contributed by atoms with E-state index in [-0.39, 0.29) is 25.4 Å². The van der Waals surface area contributed by atoms with E-state index in [9.17, 15) is 13.2 Å². The van der Waals surface area contributed by atoms with E-state index in [1.54, 1.807) is 30.2 Å². The molecule has 0 N–H and O–H groups in total. The zero-order valence-electron chi connectivity index (χ0n) is 20.0. The van der Waals surface area contributed by atoms with Crippen LogP contribution in [0.4, 0.5) is 0 Å². The summed E-state index contributed by atoms with van der Waals surface area (Å²) < 4.78 is 44.1. The van der Waals surface area contributed by atoms with Crippen LogP contribution in [0.25, 0.3) is 0 Å². The van der Waals surface area contributed by atoms with Crippen LogP contribution in [0.1, 0.15) is 29.5 Å². The van der Waals surface area contributed by atoms with Crippen molar-refractivity contribution in [3.05, 3.63) is 47.0 Å². The lowest BCUT2D eigenvalue weighted by Gasteiger charge is -2.34. The molecule has 4 rings (SSSR count). The summed E-state index contributed by atoms with van der Waals surface area (Å²) in [6, 6.07) is 9.05. The van der Waals surface area contributed by atoms with Crippen LogP contribution in [-0.2, 0) is 34.1 Å². The van der Waals surface area contributed by atoms with Gasteiger partial charge in [-0.1, -0.05) is 12.1 Å². The van der Waals surface area contributed by atoms with Gasteiger partial charge < -0.3 is 19.1 Å². The molecule has 1 amide bonds. The van der Waals surface area contributed by atoms with E-state index < -0.39 is 10.0 Å². The lowest BCUT2D eigenvalue weighted by Crippen LogP contribution is -2.50. The lowest BCUT2D eigenvalue weighted by molar-refractivity contribution is -0.131. The molecule has 2 aliphatic rings. The molecular weight excluding hydrogens is 456 g/mol. The third-order valence-electron chi connectivity index (χ3n) is 6.68. The molecule has 34 heavy (non-hydrogen) atoms. The summed E-state index contributed by atoms with van der Waals surface area (Å²) in [7, 11) is 1.00. The number of hydrogen-bond acceptors (Lipinski definition) is 6. The Morgan fingerprint density at radius 3 is 2.18 bits per heavy atom. The third kappa shape index (κ3) is 4.72. The number of piperazine rings is 1. The van der Waals surface area contributed by atoms with E-state index in [0.29, 0.717) is 40.8 Å². The third-order valence-corrected chi connectivity index (χ3v) is 8.57. The summed E-state index contributed by atoms with van der Waals surface area (Å²) in [4.78, 5) is 15.1. The maximum atomic E-state index is 13.2. The van der Waals surface area contributed by atoms with Crippen molar-refractivity contribution in [2.24, 2.45) is 0 Å². The van der Waals surface area contributed by atoms with Crippen molar-refractivity contribution in [1.82, 2.24) is 9.21 Å². The predicted octanol–water partition coefficient (Wildman–Crippen LogP) is 2.67. The Balaban J connectivity index is 1.42. The van der Waals surface area contributed by atoms with Crippen LogP contribution in [0.5, 0.6) is 17.2 Å². The van der Waals surface area contributed by atoms with Gasteiger partial charge in [0.1, 0.15) is 0 Å². The number of methoxy groups -OCH3 is 3. The molecule has 2 aromatic carbocycles. The topological polar surface area (TPSA) is 85.4 Å². The Labute approximate surface area is 201 Å². The summed E-state index contributed by atoms with van der Waals surface area (Å²) >= 11 is 0. The molecule has 1 saturated heterocycles. The second kappa shape index (κ2) is 10.2. The monoisotopic (exact) mass is 488 g/mol. The quantitative estimate of drug-likeness (QED) is 0.596. The number of amides is 1. The largest absolute Gasteiger partial charge is 0.493 e. The Morgan fingerprint density at radius 2 is 1.53 bits per heavy atom. The summed E-state index contributed by atoms with van der Waals surface area (Å²) in [5, 5.41) is 0. The molecule has 9 heteroatoms. The first-order chi connectivity index (χ1) is 16.4. The lowest BCUT2D eigenvalue weighted by atomic mass is 9.92. The summed E-state index contributed by atoms with van der Waals surface area (Å²) in [5.74, 6) is 1.34. The predicted molar refractivity (Wildman–Crippen MR) is 128 cm³/mol. The van der Waals surface area contributed by atoms with Crippen molar-refractivity contribution in [2.75, 3.05) is 47.5 Å². The van der Waals surface area contributed by atoms with Crippen molar-refractivity contribution in [2.45, 2.75) is 37.0 Å². The molecule has 0 atom stereocenters. The number of nitrogens with zero attached hydrogens (tertiary/aromatic N) is 2. The van der Waals surface area contributed by atoms with Gasteiger partial charge in [-0.15, -0.1) is 0 Å². The Bertz CT molecular complexity index is 1160. The molecule has 0 spiro atoms. The number of carbonyl (C=O) groups is 1.